The maximum atomic E-state index is 11.5. The first-order valence-corrected chi connectivity index (χ1v) is 7.22. The van der Waals surface area contributed by atoms with Gasteiger partial charge < -0.3 is 10.3 Å². The summed E-state index contributed by atoms with van der Waals surface area (Å²) in [5.74, 6) is 1.45. The number of carbonyl (C=O) groups excluding carboxylic acids is 1. The Labute approximate surface area is 108 Å². The van der Waals surface area contributed by atoms with Gasteiger partial charge in [0.05, 0.1) is 24.3 Å². The van der Waals surface area contributed by atoms with Crippen LogP contribution in [0, 0.1) is 0 Å². The van der Waals surface area contributed by atoms with E-state index in [1.807, 2.05) is 11.4 Å². The first-order chi connectivity index (χ1) is 8.34. The third-order valence-electron chi connectivity index (χ3n) is 2.09. The minimum atomic E-state index is 0.0566. The normalized spacial score (nSPS) is 10.4. The van der Waals surface area contributed by atoms with E-state index >= 15 is 0 Å². The van der Waals surface area contributed by atoms with Gasteiger partial charge in [0, 0.05) is 16.8 Å². The van der Waals surface area contributed by atoms with Crippen molar-refractivity contribution in [3.63, 3.8) is 0 Å². The summed E-state index contributed by atoms with van der Waals surface area (Å²) >= 11 is 3.35. The molecule has 0 saturated heterocycles. The predicted octanol–water partition coefficient (Wildman–Crippen LogP) is 2.02. The van der Waals surface area contributed by atoms with Crippen LogP contribution in [-0.4, -0.2) is 21.6 Å². The van der Waals surface area contributed by atoms with Crippen LogP contribution in [0.2, 0.25) is 0 Å². The van der Waals surface area contributed by atoms with E-state index in [0.717, 1.165) is 11.4 Å². The third-order valence-corrected chi connectivity index (χ3v) is 4.13. The van der Waals surface area contributed by atoms with Crippen molar-refractivity contribution < 1.29 is 4.79 Å². The Bertz CT molecular complexity index is 439. The summed E-state index contributed by atoms with van der Waals surface area (Å²) in [6.07, 6.45) is 3.31. The van der Waals surface area contributed by atoms with E-state index in [1.165, 1.54) is 4.88 Å². The molecular formula is C11H13N3OS2. The molecule has 0 bridgehead atoms. The van der Waals surface area contributed by atoms with Gasteiger partial charge in [0.2, 0.25) is 5.91 Å². The Balaban J connectivity index is 1.61. The Morgan fingerprint density at radius 1 is 1.59 bits per heavy atom. The molecule has 0 aliphatic heterocycles. The predicted molar refractivity (Wildman–Crippen MR) is 70.9 cm³/mol. The SMILES string of the molecule is O=C(CSCc1cccs1)NCc1cnc[nH]1. The van der Waals surface area contributed by atoms with E-state index < -0.39 is 0 Å². The van der Waals surface area contributed by atoms with Gasteiger partial charge in [-0.3, -0.25) is 4.79 Å². The fraction of sp³-hybridized carbons (Fsp3) is 0.273. The highest BCUT2D eigenvalue weighted by molar-refractivity contribution is 7.99. The van der Waals surface area contributed by atoms with Crippen molar-refractivity contribution in [2.45, 2.75) is 12.3 Å². The molecule has 2 heterocycles. The number of aromatic nitrogens is 2. The quantitative estimate of drug-likeness (QED) is 0.842. The standard InChI is InChI=1S/C11H13N3OS2/c15-11(13-5-9-4-12-8-14-9)7-16-6-10-2-1-3-17-10/h1-4,8H,5-7H2,(H,12,14)(H,13,15). The van der Waals surface area contributed by atoms with Gasteiger partial charge in [-0.2, -0.15) is 0 Å². The second-order valence-electron chi connectivity index (χ2n) is 3.43. The number of carbonyl (C=O) groups is 1. The third kappa shape index (κ3) is 4.24. The van der Waals surface area contributed by atoms with Crippen LogP contribution in [0.15, 0.2) is 30.0 Å². The molecule has 0 radical (unpaired) electrons. The van der Waals surface area contributed by atoms with E-state index in [2.05, 4.69) is 21.4 Å². The number of rotatable bonds is 6. The molecule has 2 rings (SSSR count). The highest BCUT2D eigenvalue weighted by Gasteiger charge is 2.02. The van der Waals surface area contributed by atoms with Gasteiger partial charge in [-0.05, 0) is 11.4 Å². The molecule has 90 valence electrons. The summed E-state index contributed by atoms with van der Waals surface area (Å²) in [5.41, 5.74) is 0.918. The number of nitrogens with one attached hydrogen (secondary N) is 2. The van der Waals surface area contributed by atoms with Crippen molar-refractivity contribution in [3.05, 3.63) is 40.6 Å². The number of thioether (sulfide) groups is 1. The van der Waals surface area contributed by atoms with Crippen LogP contribution in [0.25, 0.3) is 0 Å². The zero-order valence-electron chi connectivity index (χ0n) is 9.18. The largest absolute Gasteiger partial charge is 0.350 e. The number of aromatic amines is 1. The Hall–Kier alpha value is -1.27. The lowest BCUT2D eigenvalue weighted by Gasteiger charge is -2.02. The maximum Gasteiger partial charge on any atom is 0.230 e. The summed E-state index contributed by atoms with van der Waals surface area (Å²) in [4.78, 5) is 19.6. The second kappa shape index (κ2) is 6.46. The number of thiophene rings is 1. The van der Waals surface area contributed by atoms with Crippen LogP contribution in [0.4, 0.5) is 0 Å². The van der Waals surface area contributed by atoms with Gasteiger partial charge in [0.15, 0.2) is 0 Å². The first-order valence-electron chi connectivity index (χ1n) is 5.18. The Kier molecular flexibility index (Phi) is 4.63. The van der Waals surface area contributed by atoms with Crippen LogP contribution in [0.5, 0.6) is 0 Å². The zero-order chi connectivity index (χ0) is 11.9. The molecule has 0 fully saturated rings. The molecule has 2 aromatic heterocycles. The van der Waals surface area contributed by atoms with Crippen molar-refractivity contribution in [2.75, 3.05) is 5.75 Å². The van der Waals surface area contributed by atoms with E-state index in [-0.39, 0.29) is 5.91 Å². The number of hydrogen-bond acceptors (Lipinski definition) is 4. The summed E-state index contributed by atoms with van der Waals surface area (Å²) in [6.45, 7) is 0.512. The number of imidazole rings is 1. The molecule has 0 saturated carbocycles. The van der Waals surface area contributed by atoms with Gasteiger partial charge >= 0.3 is 0 Å². The minimum absolute atomic E-state index is 0.0566. The van der Waals surface area contributed by atoms with Crippen molar-refractivity contribution in [3.8, 4) is 0 Å². The summed E-state index contributed by atoms with van der Waals surface area (Å²) in [5, 5.41) is 4.89. The van der Waals surface area contributed by atoms with E-state index in [0.29, 0.717) is 12.3 Å². The molecule has 0 aromatic carbocycles. The molecule has 0 atom stereocenters. The van der Waals surface area contributed by atoms with Gasteiger partial charge in [-0.15, -0.1) is 23.1 Å². The Morgan fingerprint density at radius 3 is 3.24 bits per heavy atom. The Morgan fingerprint density at radius 2 is 2.53 bits per heavy atom. The van der Waals surface area contributed by atoms with Crippen molar-refractivity contribution in [1.82, 2.24) is 15.3 Å². The molecular weight excluding hydrogens is 254 g/mol. The van der Waals surface area contributed by atoms with E-state index in [9.17, 15) is 4.79 Å². The zero-order valence-corrected chi connectivity index (χ0v) is 10.8. The molecule has 0 aliphatic carbocycles. The van der Waals surface area contributed by atoms with Gasteiger partial charge in [0.1, 0.15) is 0 Å². The van der Waals surface area contributed by atoms with Crippen LogP contribution in [0.3, 0.4) is 0 Å². The minimum Gasteiger partial charge on any atom is -0.350 e. The smallest absolute Gasteiger partial charge is 0.230 e. The average Bonchev–Trinajstić information content (AvgIpc) is 2.99. The van der Waals surface area contributed by atoms with Crippen LogP contribution in [0.1, 0.15) is 10.6 Å². The van der Waals surface area contributed by atoms with Crippen LogP contribution < -0.4 is 5.32 Å². The van der Waals surface area contributed by atoms with Gasteiger partial charge in [0.25, 0.3) is 0 Å². The lowest BCUT2D eigenvalue weighted by Crippen LogP contribution is -2.24. The van der Waals surface area contributed by atoms with E-state index in [4.69, 9.17) is 0 Å². The lowest BCUT2D eigenvalue weighted by molar-refractivity contribution is -0.118. The molecule has 4 nitrogen and oxygen atoms in total. The molecule has 0 unspecified atom stereocenters. The molecule has 0 aliphatic rings. The lowest BCUT2D eigenvalue weighted by atomic mass is 10.5. The molecule has 2 N–H and O–H groups in total. The number of nitrogens with zero attached hydrogens (tertiary/aromatic N) is 1. The first kappa shape index (κ1) is 12.2. The molecule has 0 spiro atoms. The topological polar surface area (TPSA) is 57.8 Å². The fourth-order valence-corrected chi connectivity index (χ4v) is 2.96. The van der Waals surface area contributed by atoms with Gasteiger partial charge in [-0.25, -0.2) is 4.98 Å². The van der Waals surface area contributed by atoms with Crippen molar-refractivity contribution >= 4 is 29.0 Å². The number of hydrogen-bond donors (Lipinski definition) is 2. The number of amides is 1. The van der Waals surface area contributed by atoms with Crippen LogP contribution in [-0.2, 0) is 17.1 Å². The number of H-pyrrole nitrogens is 1. The summed E-state index contributed by atoms with van der Waals surface area (Å²) in [7, 11) is 0. The monoisotopic (exact) mass is 267 g/mol. The molecule has 6 heteroatoms. The molecule has 2 aromatic rings. The highest BCUT2D eigenvalue weighted by Crippen LogP contribution is 2.16. The highest BCUT2D eigenvalue weighted by atomic mass is 32.2. The average molecular weight is 267 g/mol. The van der Waals surface area contributed by atoms with Gasteiger partial charge in [-0.1, -0.05) is 6.07 Å². The molecule has 1 amide bonds. The van der Waals surface area contributed by atoms with E-state index in [1.54, 1.807) is 35.6 Å². The van der Waals surface area contributed by atoms with Crippen molar-refractivity contribution in [1.29, 1.82) is 0 Å². The summed E-state index contributed by atoms with van der Waals surface area (Å²) < 4.78 is 0. The molecule has 17 heavy (non-hydrogen) atoms. The van der Waals surface area contributed by atoms with Crippen LogP contribution >= 0.6 is 23.1 Å². The summed E-state index contributed by atoms with van der Waals surface area (Å²) in [6, 6.07) is 4.11. The second-order valence-corrected chi connectivity index (χ2v) is 5.44. The van der Waals surface area contributed by atoms with Crippen molar-refractivity contribution in [2.24, 2.45) is 0 Å². The fourth-order valence-electron chi connectivity index (χ4n) is 1.27. The maximum absolute atomic E-state index is 11.5.